The number of carbonyl (C=O) groups excluding carboxylic acids is 2. The van der Waals surface area contributed by atoms with Gasteiger partial charge in [0, 0.05) is 25.0 Å². The summed E-state index contributed by atoms with van der Waals surface area (Å²) < 4.78 is 9.61. The highest BCUT2D eigenvalue weighted by Crippen LogP contribution is 2.22. The van der Waals surface area contributed by atoms with E-state index in [2.05, 4.69) is 16.6 Å². The zero-order valence-corrected chi connectivity index (χ0v) is 12.8. The minimum absolute atomic E-state index is 0.0206. The second-order valence-corrected chi connectivity index (χ2v) is 5.10. The van der Waals surface area contributed by atoms with Gasteiger partial charge in [0.1, 0.15) is 6.61 Å². The molecule has 0 saturated heterocycles. The fourth-order valence-electron chi connectivity index (χ4n) is 2.16. The van der Waals surface area contributed by atoms with Crippen LogP contribution in [0.3, 0.4) is 0 Å². The SMILES string of the molecule is CC(=O)OCC(C#CCCc1ccccc1)C1=CC(=O)OC1O. The van der Waals surface area contributed by atoms with Gasteiger partial charge in [-0.05, 0) is 12.0 Å². The van der Waals surface area contributed by atoms with E-state index in [0.717, 1.165) is 6.42 Å². The van der Waals surface area contributed by atoms with E-state index in [9.17, 15) is 14.7 Å². The monoisotopic (exact) mass is 314 g/mol. The summed E-state index contributed by atoms with van der Waals surface area (Å²) >= 11 is 0. The number of rotatable bonds is 5. The molecule has 2 atom stereocenters. The van der Waals surface area contributed by atoms with Crippen molar-refractivity contribution in [2.24, 2.45) is 5.92 Å². The molecule has 0 fully saturated rings. The Morgan fingerprint density at radius 2 is 2.13 bits per heavy atom. The van der Waals surface area contributed by atoms with E-state index in [4.69, 9.17) is 4.74 Å². The third-order valence-electron chi connectivity index (χ3n) is 3.31. The molecule has 0 spiro atoms. The normalized spacial score (nSPS) is 17.6. The summed E-state index contributed by atoms with van der Waals surface area (Å²) in [5, 5.41) is 9.71. The molecule has 1 aliphatic rings. The molecule has 1 heterocycles. The van der Waals surface area contributed by atoms with Gasteiger partial charge in [0.05, 0.1) is 5.92 Å². The van der Waals surface area contributed by atoms with Crippen LogP contribution in [0, 0.1) is 17.8 Å². The van der Waals surface area contributed by atoms with E-state index in [1.807, 2.05) is 30.3 Å². The second kappa shape index (κ2) is 8.16. The number of aryl methyl sites for hydroxylation is 1. The molecule has 23 heavy (non-hydrogen) atoms. The van der Waals surface area contributed by atoms with Crippen LogP contribution in [0.5, 0.6) is 0 Å². The van der Waals surface area contributed by atoms with Crippen LogP contribution >= 0.6 is 0 Å². The number of hydrogen-bond acceptors (Lipinski definition) is 5. The molecule has 0 bridgehead atoms. The van der Waals surface area contributed by atoms with E-state index in [1.165, 1.54) is 18.6 Å². The lowest BCUT2D eigenvalue weighted by atomic mass is 10.00. The maximum absolute atomic E-state index is 11.2. The first kappa shape index (κ1) is 16.8. The van der Waals surface area contributed by atoms with Gasteiger partial charge in [0.2, 0.25) is 6.29 Å². The molecule has 5 nitrogen and oxygen atoms in total. The van der Waals surface area contributed by atoms with Gasteiger partial charge in [-0.25, -0.2) is 4.79 Å². The summed E-state index contributed by atoms with van der Waals surface area (Å²) in [5.41, 5.74) is 1.50. The van der Waals surface area contributed by atoms with Gasteiger partial charge < -0.3 is 14.6 Å². The Morgan fingerprint density at radius 1 is 1.39 bits per heavy atom. The highest BCUT2D eigenvalue weighted by Gasteiger charge is 2.30. The topological polar surface area (TPSA) is 72.8 Å². The van der Waals surface area contributed by atoms with Crippen molar-refractivity contribution in [3.63, 3.8) is 0 Å². The lowest BCUT2D eigenvalue weighted by Gasteiger charge is -2.14. The van der Waals surface area contributed by atoms with Crippen LogP contribution < -0.4 is 0 Å². The van der Waals surface area contributed by atoms with Crippen LogP contribution in [-0.4, -0.2) is 29.9 Å². The molecule has 0 aromatic heterocycles. The lowest BCUT2D eigenvalue weighted by molar-refractivity contribution is -0.152. The number of esters is 2. The summed E-state index contributed by atoms with van der Waals surface area (Å²) in [5.74, 6) is 4.34. The van der Waals surface area contributed by atoms with Crippen LogP contribution in [0.1, 0.15) is 18.9 Å². The molecule has 1 aliphatic heterocycles. The van der Waals surface area contributed by atoms with Crippen molar-refractivity contribution in [3.05, 3.63) is 47.5 Å². The van der Waals surface area contributed by atoms with Crippen molar-refractivity contribution in [3.8, 4) is 11.8 Å². The summed E-state index contributed by atoms with van der Waals surface area (Å²) in [6.07, 6.45) is 1.29. The predicted molar refractivity (Wildman–Crippen MR) is 82.8 cm³/mol. The molecular formula is C18H18O5. The summed E-state index contributed by atoms with van der Waals surface area (Å²) in [6.45, 7) is 1.27. The standard InChI is InChI=1S/C18H18O5/c1-13(19)22-12-15(16-11-17(20)23-18(16)21)10-6-5-9-14-7-3-2-4-8-14/h2-4,7-8,11,15,18,21H,5,9,12H2,1H3. The molecule has 2 unspecified atom stereocenters. The average molecular weight is 314 g/mol. The van der Waals surface area contributed by atoms with Gasteiger partial charge in [0.15, 0.2) is 0 Å². The van der Waals surface area contributed by atoms with E-state index >= 15 is 0 Å². The van der Waals surface area contributed by atoms with E-state index in [1.54, 1.807) is 0 Å². The molecule has 0 saturated carbocycles. The number of aliphatic hydroxyl groups excluding tert-OH is 1. The molecule has 1 aromatic carbocycles. The molecule has 120 valence electrons. The summed E-state index contributed by atoms with van der Waals surface area (Å²) in [7, 11) is 0. The minimum Gasteiger partial charge on any atom is -0.464 e. The van der Waals surface area contributed by atoms with Gasteiger partial charge in [-0.3, -0.25) is 4.79 Å². The molecule has 5 heteroatoms. The molecule has 1 N–H and O–H groups in total. The predicted octanol–water partition coefficient (Wildman–Crippen LogP) is 1.60. The van der Waals surface area contributed by atoms with Crippen molar-refractivity contribution in [1.82, 2.24) is 0 Å². The third-order valence-corrected chi connectivity index (χ3v) is 3.31. The van der Waals surface area contributed by atoms with Crippen molar-refractivity contribution < 1.29 is 24.2 Å². The molecule has 0 aliphatic carbocycles. The fraction of sp³-hybridized carbons (Fsp3) is 0.333. The fourth-order valence-corrected chi connectivity index (χ4v) is 2.16. The first-order valence-electron chi connectivity index (χ1n) is 7.32. The Morgan fingerprint density at radius 3 is 2.74 bits per heavy atom. The van der Waals surface area contributed by atoms with Crippen molar-refractivity contribution in [1.29, 1.82) is 0 Å². The van der Waals surface area contributed by atoms with E-state index in [0.29, 0.717) is 12.0 Å². The quantitative estimate of drug-likeness (QED) is 0.660. The number of cyclic esters (lactones) is 1. The highest BCUT2D eigenvalue weighted by atomic mass is 16.6. The van der Waals surface area contributed by atoms with Crippen molar-refractivity contribution in [2.45, 2.75) is 26.1 Å². The van der Waals surface area contributed by atoms with Gasteiger partial charge in [-0.15, -0.1) is 5.92 Å². The van der Waals surface area contributed by atoms with Gasteiger partial charge >= 0.3 is 11.9 Å². The molecule has 0 radical (unpaired) electrons. The Kier molecular flexibility index (Phi) is 5.95. The number of aliphatic hydroxyl groups is 1. The number of ether oxygens (including phenoxy) is 2. The van der Waals surface area contributed by atoms with Crippen LogP contribution in [0.4, 0.5) is 0 Å². The smallest absolute Gasteiger partial charge is 0.333 e. The summed E-state index contributed by atoms with van der Waals surface area (Å²) in [6, 6.07) is 9.93. The maximum atomic E-state index is 11.2. The lowest BCUT2D eigenvalue weighted by Crippen LogP contribution is -2.20. The molecule has 1 aromatic rings. The molecular weight excluding hydrogens is 296 g/mol. The zero-order chi connectivity index (χ0) is 16.7. The van der Waals surface area contributed by atoms with Crippen LogP contribution in [0.2, 0.25) is 0 Å². The molecule has 0 amide bonds. The Bertz CT molecular complexity index is 651. The van der Waals surface area contributed by atoms with Crippen LogP contribution in [-0.2, 0) is 25.5 Å². The first-order valence-corrected chi connectivity index (χ1v) is 7.32. The third kappa shape index (κ3) is 5.28. The minimum atomic E-state index is -1.33. The van der Waals surface area contributed by atoms with Crippen LogP contribution in [0.25, 0.3) is 0 Å². The first-order chi connectivity index (χ1) is 11.1. The molecule has 2 rings (SSSR count). The van der Waals surface area contributed by atoms with Gasteiger partial charge in [0.25, 0.3) is 0 Å². The number of carbonyl (C=O) groups is 2. The Labute approximate surface area is 134 Å². The second-order valence-electron chi connectivity index (χ2n) is 5.10. The van der Waals surface area contributed by atoms with Crippen molar-refractivity contribution >= 4 is 11.9 Å². The number of benzene rings is 1. The van der Waals surface area contributed by atoms with Gasteiger partial charge in [-0.2, -0.15) is 0 Å². The van der Waals surface area contributed by atoms with Crippen LogP contribution in [0.15, 0.2) is 42.0 Å². The zero-order valence-electron chi connectivity index (χ0n) is 12.8. The maximum Gasteiger partial charge on any atom is 0.333 e. The van der Waals surface area contributed by atoms with Gasteiger partial charge in [-0.1, -0.05) is 36.3 Å². The van der Waals surface area contributed by atoms with E-state index in [-0.39, 0.29) is 6.61 Å². The van der Waals surface area contributed by atoms with E-state index < -0.39 is 24.1 Å². The Hall–Kier alpha value is -2.58. The largest absolute Gasteiger partial charge is 0.464 e. The average Bonchev–Trinajstić information content (AvgIpc) is 2.86. The van der Waals surface area contributed by atoms with Crippen molar-refractivity contribution in [2.75, 3.05) is 6.61 Å². The Balaban J connectivity index is 2.00. The highest BCUT2D eigenvalue weighted by molar-refractivity contribution is 5.85. The summed E-state index contributed by atoms with van der Waals surface area (Å²) in [4.78, 5) is 22.2. The number of hydrogen-bond donors (Lipinski definition) is 1.